The summed E-state index contributed by atoms with van der Waals surface area (Å²) in [6.45, 7) is 6.88. The van der Waals surface area contributed by atoms with Gasteiger partial charge in [0, 0.05) is 70.6 Å². The number of ether oxygens (including phenoxy) is 2. The van der Waals surface area contributed by atoms with Gasteiger partial charge in [-0.1, -0.05) is 82.4 Å². The first-order chi connectivity index (χ1) is 29.3. The van der Waals surface area contributed by atoms with Crippen LogP contribution in [0.25, 0.3) is 34.4 Å². The Morgan fingerprint density at radius 3 is 1.34 bits per heavy atom. The van der Waals surface area contributed by atoms with Gasteiger partial charge >= 0.3 is 23.9 Å². The molecule has 0 spiro atoms. The third-order valence-electron chi connectivity index (χ3n) is 10.7. The first-order valence-corrected chi connectivity index (χ1v) is 22.2. The number of halogens is 4. The lowest BCUT2D eigenvalue weighted by molar-refractivity contribution is -0.149. The van der Waals surface area contributed by atoms with Crippen molar-refractivity contribution in [3.8, 4) is 22.3 Å². The van der Waals surface area contributed by atoms with E-state index in [0.29, 0.717) is 97.1 Å². The standard InChI is InChI=1S/C46H44Cl4N2O8S/c1-3-59-45(57)27-15-19-51(20-16-27)31-9-5-7-29(23-31)35-25-37(43(49)41(47)33(35)11-13-39(53)54)61-38-26-36(34(12-14-40(55)56)42(48)44(38)50)30-8-6-10-32(24-30)52-21-17-28(18-22-52)46(58)60-4-2/h5-14,23-28H,3-4,15-22H2,1-2H3,(H,53,54)(H,55,56)/b13-11+,14-12+. The molecule has 0 radical (unpaired) electrons. The maximum Gasteiger partial charge on any atom is 0.328 e. The predicted octanol–water partition coefficient (Wildman–Crippen LogP) is 11.5. The lowest BCUT2D eigenvalue weighted by Gasteiger charge is -2.33. The molecular weight excluding hydrogens is 882 g/mol. The molecule has 0 atom stereocenters. The SMILES string of the molecule is CCOC(=O)C1CCN(c2cccc(-c3cc(Sc4cc(-c5cccc(N6CCC(C(=O)OCC)CC6)c5)c(/C=C/C(=O)O)c(Cl)c4Cl)c(Cl)c(Cl)c3/C=C/C(=O)O)c2)CC1. The molecule has 2 aliphatic rings. The van der Waals surface area contributed by atoms with E-state index in [1.807, 2.05) is 60.7 Å². The molecule has 4 aromatic rings. The van der Waals surface area contributed by atoms with Crippen molar-refractivity contribution < 1.29 is 38.9 Å². The minimum absolute atomic E-state index is 0.128. The lowest BCUT2D eigenvalue weighted by Crippen LogP contribution is -2.36. The van der Waals surface area contributed by atoms with Gasteiger partial charge in [-0.3, -0.25) is 9.59 Å². The Morgan fingerprint density at radius 1 is 0.623 bits per heavy atom. The molecule has 2 N–H and O–H groups in total. The van der Waals surface area contributed by atoms with E-state index in [0.717, 1.165) is 34.7 Å². The van der Waals surface area contributed by atoms with E-state index < -0.39 is 11.9 Å². The van der Waals surface area contributed by atoms with E-state index in [1.165, 1.54) is 23.9 Å². The molecule has 320 valence electrons. The maximum absolute atomic E-state index is 12.4. The molecule has 0 aromatic heterocycles. The molecule has 6 rings (SSSR count). The van der Waals surface area contributed by atoms with Crippen molar-refractivity contribution in [1.29, 1.82) is 0 Å². The maximum atomic E-state index is 12.4. The number of benzene rings is 4. The van der Waals surface area contributed by atoms with Gasteiger partial charge in [0.05, 0.1) is 45.1 Å². The van der Waals surface area contributed by atoms with Crippen LogP contribution in [0.15, 0.2) is 82.6 Å². The van der Waals surface area contributed by atoms with Gasteiger partial charge in [-0.15, -0.1) is 0 Å². The molecule has 61 heavy (non-hydrogen) atoms. The largest absolute Gasteiger partial charge is 0.478 e. The molecule has 0 aliphatic carbocycles. The fraction of sp³-hybridized carbons (Fsp3) is 0.304. The number of hydrogen-bond donors (Lipinski definition) is 2. The van der Waals surface area contributed by atoms with E-state index in [4.69, 9.17) is 55.9 Å². The fourth-order valence-corrected chi connectivity index (χ4v) is 9.78. The number of carboxylic acid groups (broad SMARTS) is 2. The van der Waals surface area contributed by atoms with Crippen LogP contribution in [-0.4, -0.2) is 73.5 Å². The highest BCUT2D eigenvalue weighted by Gasteiger charge is 2.28. The smallest absolute Gasteiger partial charge is 0.328 e. The van der Waals surface area contributed by atoms with Gasteiger partial charge in [-0.25, -0.2) is 9.59 Å². The van der Waals surface area contributed by atoms with Crippen molar-refractivity contribution in [2.45, 2.75) is 49.3 Å². The highest BCUT2D eigenvalue weighted by atomic mass is 35.5. The third kappa shape index (κ3) is 11.1. The summed E-state index contributed by atoms with van der Waals surface area (Å²) in [7, 11) is 0. The summed E-state index contributed by atoms with van der Waals surface area (Å²) < 4.78 is 10.5. The zero-order chi connectivity index (χ0) is 43.8. The Hall–Kier alpha value is -4.65. The minimum atomic E-state index is -1.16. The first-order valence-electron chi connectivity index (χ1n) is 19.9. The van der Waals surface area contributed by atoms with Crippen LogP contribution in [0.4, 0.5) is 11.4 Å². The Balaban J connectivity index is 1.38. The Morgan fingerprint density at radius 2 is 1.00 bits per heavy atom. The molecule has 10 nitrogen and oxygen atoms in total. The number of carbonyl (C=O) groups is 4. The molecule has 2 aliphatic heterocycles. The molecule has 0 amide bonds. The molecule has 4 aromatic carbocycles. The van der Waals surface area contributed by atoms with Crippen molar-refractivity contribution in [1.82, 2.24) is 0 Å². The highest BCUT2D eigenvalue weighted by molar-refractivity contribution is 7.99. The normalized spacial score (nSPS) is 15.1. The van der Waals surface area contributed by atoms with Crippen LogP contribution in [0, 0.1) is 11.8 Å². The summed E-state index contributed by atoms with van der Waals surface area (Å²) in [5, 5.41) is 19.7. The minimum Gasteiger partial charge on any atom is -0.478 e. The van der Waals surface area contributed by atoms with E-state index in [2.05, 4.69) is 9.80 Å². The third-order valence-corrected chi connectivity index (χ3v) is 13.8. The monoisotopic (exact) mass is 924 g/mol. The van der Waals surface area contributed by atoms with E-state index in [9.17, 15) is 29.4 Å². The van der Waals surface area contributed by atoms with Gasteiger partial charge in [-0.05, 0) is 110 Å². The van der Waals surface area contributed by atoms with E-state index >= 15 is 0 Å². The lowest BCUT2D eigenvalue weighted by atomic mass is 9.95. The van der Waals surface area contributed by atoms with Gasteiger partial charge in [-0.2, -0.15) is 0 Å². The van der Waals surface area contributed by atoms with Crippen LogP contribution in [0.3, 0.4) is 0 Å². The molecule has 0 saturated carbocycles. The van der Waals surface area contributed by atoms with Crippen molar-refractivity contribution in [3.05, 3.63) is 104 Å². The van der Waals surface area contributed by atoms with E-state index in [-0.39, 0.29) is 43.9 Å². The number of carboxylic acids is 2. The molecule has 2 heterocycles. The second-order valence-electron chi connectivity index (χ2n) is 14.5. The number of anilines is 2. The zero-order valence-electron chi connectivity index (χ0n) is 33.5. The number of esters is 2. The quantitative estimate of drug-likeness (QED) is 0.0925. The summed E-state index contributed by atoms with van der Waals surface area (Å²) in [4.78, 5) is 53.6. The van der Waals surface area contributed by atoms with Crippen LogP contribution in [0.2, 0.25) is 20.1 Å². The molecule has 0 bridgehead atoms. The Labute approximate surface area is 379 Å². The summed E-state index contributed by atoms with van der Waals surface area (Å²) in [5.41, 5.74) is 5.36. The number of rotatable bonds is 14. The molecule has 2 saturated heterocycles. The van der Waals surface area contributed by atoms with Gasteiger partial charge in [0.1, 0.15) is 0 Å². The Kier molecular flexibility index (Phi) is 15.7. The van der Waals surface area contributed by atoms with E-state index in [1.54, 1.807) is 13.8 Å². The van der Waals surface area contributed by atoms with Gasteiger partial charge in [0.15, 0.2) is 0 Å². The van der Waals surface area contributed by atoms with Crippen LogP contribution in [0.5, 0.6) is 0 Å². The number of hydrogen-bond acceptors (Lipinski definition) is 9. The number of piperidine rings is 2. The number of aliphatic carboxylic acids is 2. The summed E-state index contributed by atoms with van der Waals surface area (Å²) in [5.74, 6) is -2.99. The molecule has 0 unspecified atom stereocenters. The average molecular weight is 927 g/mol. The second-order valence-corrected chi connectivity index (χ2v) is 17.1. The number of carbonyl (C=O) groups excluding carboxylic acids is 2. The predicted molar refractivity (Wildman–Crippen MR) is 244 cm³/mol. The van der Waals surface area contributed by atoms with Gasteiger partial charge in [0.2, 0.25) is 0 Å². The zero-order valence-corrected chi connectivity index (χ0v) is 37.3. The molecule has 15 heteroatoms. The van der Waals surface area contributed by atoms with Crippen molar-refractivity contribution >= 4 is 106 Å². The summed E-state index contributed by atoms with van der Waals surface area (Å²) >= 11 is 29.2. The van der Waals surface area contributed by atoms with Crippen molar-refractivity contribution in [2.75, 3.05) is 49.2 Å². The second kappa shape index (κ2) is 20.9. The van der Waals surface area contributed by atoms with Crippen LogP contribution in [0.1, 0.15) is 50.7 Å². The molecule has 2 fully saturated rings. The highest BCUT2D eigenvalue weighted by Crippen LogP contribution is 2.49. The topological polar surface area (TPSA) is 134 Å². The summed E-state index contributed by atoms with van der Waals surface area (Å²) in [6, 6.07) is 19.2. The van der Waals surface area contributed by atoms with Crippen LogP contribution in [-0.2, 0) is 28.7 Å². The van der Waals surface area contributed by atoms with Crippen molar-refractivity contribution in [2.24, 2.45) is 11.8 Å². The first kappa shape index (κ1) is 45.9. The number of nitrogens with zero attached hydrogens (tertiary/aromatic N) is 2. The van der Waals surface area contributed by atoms with Gasteiger partial charge < -0.3 is 29.5 Å². The fourth-order valence-electron chi connectivity index (χ4n) is 7.62. The van der Waals surface area contributed by atoms with Gasteiger partial charge in [0.25, 0.3) is 0 Å². The summed E-state index contributed by atoms with van der Waals surface area (Å²) in [6.07, 6.45) is 7.44. The molecular formula is C46H44Cl4N2O8S. The van der Waals surface area contributed by atoms with Crippen LogP contribution >= 0.6 is 58.2 Å². The average Bonchev–Trinajstić information content (AvgIpc) is 3.26. The Bertz CT molecular complexity index is 2210. The van der Waals surface area contributed by atoms with Crippen LogP contribution < -0.4 is 9.80 Å². The van der Waals surface area contributed by atoms with Crippen molar-refractivity contribution in [3.63, 3.8) is 0 Å².